The molecule has 1 heterocycles. The zero-order chi connectivity index (χ0) is 19.2. The van der Waals surface area contributed by atoms with Crippen molar-refractivity contribution in [1.82, 2.24) is 4.98 Å². The summed E-state index contributed by atoms with van der Waals surface area (Å²) in [6, 6.07) is 13.9. The van der Waals surface area contributed by atoms with Gasteiger partial charge in [-0.1, -0.05) is 24.3 Å². The molecule has 2 aromatic carbocycles. The van der Waals surface area contributed by atoms with Gasteiger partial charge < -0.3 is 14.2 Å². The first kappa shape index (κ1) is 18.6. The molecule has 0 fully saturated rings. The Kier molecular flexibility index (Phi) is 5.83. The number of nitrogens with zero attached hydrogens (tertiary/aromatic N) is 1. The van der Waals surface area contributed by atoms with E-state index in [1.54, 1.807) is 19.2 Å². The molecule has 0 atom stereocenters. The number of esters is 2. The van der Waals surface area contributed by atoms with Crippen molar-refractivity contribution in [3.05, 3.63) is 70.7 Å². The van der Waals surface area contributed by atoms with E-state index in [9.17, 15) is 9.59 Å². The lowest BCUT2D eigenvalue weighted by Gasteiger charge is -2.07. The molecule has 3 aromatic rings. The highest BCUT2D eigenvalue weighted by Crippen LogP contribution is 2.27. The number of ether oxygens (including phenoxy) is 3. The highest BCUT2D eigenvalue weighted by Gasteiger charge is 2.18. The Morgan fingerprint density at radius 2 is 1.74 bits per heavy atom. The standard InChI is InChI=1S/C20H17NO5S/c1-24-15-7-5-6-13(10-15)18-21-14(12-27-18)11-26-20(23)17-9-4-3-8-16(17)19(22)25-2/h3-10,12H,11H2,1-2H3. The monoisotopic (exact) mass is 383 g/mol. The van der Waals surface area contributed by atoms with E-state index in [4.69, 9.17) is 14.2 Å². The highest BCUT2D eigenvalue weighted by atomic mass is 32.1. The van der Waals surface area contributed by atoms with Crippen LogP contribution in [0.4, 0.5) is 0 Å². The number of benzene rings is 2. The second-order valence-electron chi connectivity index (χ2n) is 5.49. The van der Waals surface area contributed by atoms with Crippen molar-refractivity contribution in [3.63, 3.8) is 0 Å². The zero-order valence-electron chi connectivity index (χ0n) is 14.8. The molecule has 27 heavy (non-hydrogen) atoms. The summed E-state index contributed by atoms with van der Waals surface area (Å²) in [5.74, 6) is -0.446. The maximum absolute atomic E-state index is 12.3. The molecule has 0 saturated heterocycles. The first-order chi connectivity index (χ1) is 13.1. The fourth-order valence-corrected chi connectivity index (χ4v) is 3.23. The molecule has 1 aromatic heterocycles. The van der Waals surface area contributed by atoms with E-state index >= 15 is 0 Å². The van der Waals surface area contributed by atoms with Crippen LogP contribution in [-0.4, -0.2) is 31.1 Å². The molecule has 0 aliphatic rings. The summed E-state index contributed by atoms with van der Waals surface area (Å²) in [4.78, 5) is 28.6. The lowest BCUT2D eigenvalue weighted by molar-refractivity contribution is 0.0454. The van der Waals surface area contributed by atoms with Gasteiger partial charge in [-0.2, -0.15) is 0 Å². The van der Waals surface area contributed by atoms with E-state index in [-0.39, 0.29) is 17.7 Å². The molecule has 138 valence electrons. The molecule has 0 spiro atoms. The molecule has 0 unspecified atom stereocenters. The summed E-state index contributed by atoms with van der Waals surface area (Å²) in [5.41, 5.74) is 1.88. The molecule has 7 heteroatoms. The van der Waals surface area contributed by atoms with Crippen molar-refractivity contribution in [2.45, 2.75) is 6.61 Å². The molecular weight excluding hydrogens is 366 g/mol. The number of aromatic nitrogens is 1. The second kappa shape index (κ2) is 8.46. The van der Waals surface area contributed by atoms with Crippen molar-refractivity contribution >= 4 is 23.3 Å². The SMILES string of the molecule is COC(=O)c1ccccc1C(=O)OCc1csc(-c2cccc(OC)c2)n1. The van der Waals surface area contributed by atoms with Gasteiger partial charge in [0, 0.05) is 10.9 Å². The smallest absolute Gasteiger partial charge is 0.339 e. The minimum atomic E-state index is -0.605. The molecule has 0 bridgehead atoms. The zero-order valence-corrected chi connectivity index (χ0v) is 15.6. The van der Waals surface area contributed by atoms with Gasteiger partial charge in [0.05, 0.1) is 31.0 Å². The summed E-state index contributed by atoms with van der Waals surface area (Å²) in [5, 5.41) is 2.63. The van der Waals surface area contributed by atoms with Gasteiger partial charge in [0.15, 0.2) is 0 Å². The normalized spacial score (nSPS) is 10.3. The van der Waals surface area contributed by atoms with Crippen LogP contribution in [0.15, 0.2) is 53.9 Å². The van der Waals surface area contributed by atoms with E-state index in [1.165, 1.54) is 30.6 Å². The van der Waals surface area contributed by atoms with Gasteiger partial charge in [-0.15, -0.1) is 11.3 Å². The quantitative estimate of drug-likeness (QED) is 0.600. The van der Waals surface area contributed by atoms with Gasteiger partial charge in [0.2, 0.25) is 0 Å². The lowest BCUT2D eigenvalue weighted by atomic mass is 10.1. The fourth-order valence-electron chi connectivity index (χ4n) is 2.43. The van der Waals surface area contributed by atoms with Gasteiger partial charge in [0.25, 0.3) is 0 Å². The number of carbonyl (C=O) groups excluding carboxylic acids is 2. The maximum atomic E-state index is 12.3. The number of rotatable bonds is 6. The fraction of sp³-hybridized carbons (Fsp3) is 0.150. The second-order valence-corrected chi connectivity index (χ2v) is 6.35. The predicted octanol–water partition coefficient (Wildman–Crippen LogP) is 3.96. The van der Waals surface area contributed by atoms with Crippen molar-refractivity contribution in [3.8, 4) is 16.3 Å². The van der Waals surface area contributed by atoms with Crippen LogP contribution in [0, 0.1) is 0 Å². The van der Waals surface area contributed by atoms with Crippen LogP contribution in [0.25, 0.3) is 10.6 Å². The van der Waals surface area contributed by atoms with Gasteiger partial charge >= 0.3 is 11.9 Å². The Bertz CT molecular complexity index is 966. The van der Waals surface area contributed by atoms with Gasteiger partial charge in [-0.3, -0.25) is 0 Å². The Labute approximate surface area is 160 Å². The molecule has 6 nitrogen and oxygen atoms in total. The van der Waals surface area contributed by atoms with Crippen LogP contribution in [-0.2, 0) is 16.1 Å². The Balaban J connectivity index is 1.70. The largest absolute Gasteiger partial charge is 0.497 e. The van der Waals surface area contributed by atoms with E-state index in [1.807, 2.05) is 29.6 Å². The maximum Gasteiger partial charge on any atom is 0.339 e. The topological polar surface area (TPSA) is 74.7 Å². The molecule has 0 amide bonds. The number of hydrogen-bond donors (Lipinski definition) is 0. The van der Waals surface area contributed by atoms with E-state index in [0.29, 0.717) is 5.69 Å². The van der Waals surface area contributed by atoms with Crippen LogP contribution < -0.4 is 4.74 Å². The van der Waals surface area contributed by atoms with Crippen LogP contribution in [0.5, 0.6) is 5.75 Å². The van der Waals surface area contributed by atoms with Crippen LogP contribution in [0.3, 0.4) is 0 Å². The third-order valence-electron chi connectivity index (χ3n) is 3.77. The minimum absolute atomic E-state index is 0.00874. The van der Waals surface area contributed by atoms with Crippen LogP contribution >= 0.6 is 11.3 Å². The average molecular weight is 383 g/mol. The molecule has 0 radical (unpaired) electrons. The Morgan fingerprint density at radius 1 is 1.00 bits per heavy atom. The lowest BCUT2D eigenvalue weighted by Crippen LogP contribution is -2.12. The van der Waals surface area contributed by atoms with Crippen molar-refractivity contribution < 1.29 is 23.8 Å². The Hall–Kier alpha value is -3.19. The van der Waals surface area contributed by atoms with E-state index in [0.717, 1.165) is 16.3 Å². The third kappa shape index (κ3) is 4.32. The van der Waals surface area contributed by atoms with E-state index in [2.05, 4.69) is 4.98 Å². The van der Waals surface area contributed by atoms with Crippen molar-refractivity contribution in [1.29, 1.82) is 0 Å². The number of hydrogen-bond acceptors (Lipinski definition) is 7. The summed E-state index contributed by atoms with van der Waals surface area (Å²) < 4.78 is 15.2. The summed E-state index contributed by atoms with van der Waals surface area (Å²) in [6.07, 6.45) is 0. The first-order valence-corrected chi connectivity index (χ1v) is 8.93. The van der Waals surface area contributed by atoms with Gasteiger partial charge in [-0.25, -0.2) is 14.6 Å². The Morgan fingerprint density at radius 3 is 2.44 bits per heavy atom. The number of methoxy groups -OCH3 is 2. The summed E-state index contributed by atoms with van der Waals surface area (Å²) in [7, 11) is 2.87. The molecule has 0 saturated carbocycles. The van der Waals surface area contributed by atoms with E-state index < -0.39 is 11.9 Å². The van der Waals surface area contributed by atoms with Crippen molar-refractivity contribution in [2.24, 2.45) is 0 Å². The van der Waals surface area contributed by atoms with Gasteiger partial charge in [-0.05, 0) is 24.3 Å². The first-order valence-electron chi connectivity index (χ1n) is 8.05. The van der Waals surface area contributed by atoms with Crippen LogP contribution in [0.1, 0.15) is 26.4 Å². The third-order valence-corrected chi connectivity index (χ3v) is 4.71. The number of carbonyl (C=O) groups is 2. The molecule has 0 aliphatic carbocycles. The minimum Gasteiger partial charge on any atom is -0.497 e. The number of thiazole rings is 1. The molecule has 0 N–H and O–H groups in total. The summed E-state index contributed by atoms with van der Waals surface area (Å²) in [6.45, 7) is 0.00874. The molecule has 3 rings (SSSR count). The summed E-state index contributed by atoms with van der Waals surface area (Å²) >= 11 is 1.45. The van der Waals surface area contributed by atoms with Crippen LogP contribution in [0.2, 0.25) is 0 Å². The highest BCUT2D eigenvalue weighted by molar-refractivity contribution is 7.13. The predicted molar refractivity (Wildman–Crippen MR) is 101 cm³/mol. The van der Waals surface area contributed by atoms with Crippen molar-refractivity contribution in [2.75, 3.05) is 14.2 Å². The average Bonchev–Trinajstić information content (AvgIpc) is 3.20. The molecular formula is C20H17NO5S. The van der Waals surface area contributed by atoms with Gasteiger partial charge in [0.1, 0.15) is 17.4 Å². The molecule has 0 aliphatic heterocycles.